The van der Waals surface area contributed by atoms with E-state index in [1.165, 1.54) is 58.1 Å². The van der Waals surface area contributed by atoms with Gasteiger partial charge >= 0.3 is 53.0 Å². The first-order valence-corrected chi connectivity index (χ1v) is 23.1. The minimum absolute atomic E-state index is 0.706. The predicted molar refractivity (Wildman–Crippen MR) is 195 cm³/mol. The van der Waals surface area contributed by atoms with E-state index in [1.807, 2.05) is 13.8 Å². The van der Waals surface area contributed by atoms with Gasteiger partial charge < -0.3 is 0 Å². The third-order valence-corrected chi connectivity index (χ3v) is 13.8. The van der Waals surface area contributed by atoms with Crippen molar-refractivity contribution in [1.29, 1.82) is 0 Å². The molecule has 0 amide bonds. The van der Waals surface area contributed by atoms with Crippen molar-refractivity contribution in [3.8, 4) is 22.3 Å². The Kier molecular flexibility index (Phi) is 13.0. The van der Waals surface area contributed by atoms with Crippen LogP contribution >= 0.6 is 17.0 Å². The quantitative estimate of drug-likeness (QED) is 0.152. The molecule has 0 saturated heterocycles. The fraction of sp³-hybridized carbons (Fsp3) is 0.244. The molecule has 0 nitrogen and oxygen atoms in total. The molecule has 0 spiro atoms. The van der Waals surface area contributed by atoms with E-state index in [2.05, 4.69) is 149 Å². The average Bonchev–Trinajstić information content (AvgIpc) is 3.60. The molecule has 0 unspecified atom stereocenters. The third kappa shape index (κ3) is 9.71. The summed E-state index contributed by atoms with van der Waals surface area (Å²) in [6.45, 7) is 13.1. The van der Waals surface area contributed by atoms with Crippen LogP contribution in [-0.2, 0) is 31.7 Å². The van der Waals surface area contributed by atoms with Gasteiger partial charge in [-0.05, 0) is 35.8 Å². The number of halogens is 2. The number of benzene rings is 4. The Hall–Kier alpha value is -2.57. The molecule has 44 heavy (non-hydrogen) atoms. The normalized spacial score (nSPS) is 10.9. The van der Waals surface area contributed by atoms with Crippen molar-refractivity contribution in [1.82, 2.24) is 0 Å². The molecule has 6 aromatic carbocycles. The van der Waals surface area contributed by atoms with Crippen molar-refractivity contribution in [2.24, 2.45) is 11.8 Å². The van der Waals surface area contributed by atoms with Crippen molar-refractivity contribution in [2.45, 2.75) is 54.4 Å². The topological polar surface area (TPSA) is 0 Å². The summed E-state index contributed by atoms with van der Waals surface area (Å²) in [6.07, 6.45) is 2.31. The molecule has 6 aromatic rings. The zero-order valence-electron chi connectivity index (χ0n) is 26.9. The SMILES string of the molecule is CC(C)Cc1cc2c(-c3ccccc3)cccc2[cH-]1.CC(C)Cc1cc2c(-c3ccccc3)cccc2[cH-]1.C[C](C)=[Zr]([Cl])[Cl]. The van der Waals surface area contributed by atoms with E-state index < -0.39 is 18.9 Å². The standard InChI is InChI=1S/2C19H19.C3H6.2ClH.Zr/c2*1-14(2)11-15-12-17-9-6-10-18(19(17)13-15)16-7-4-3-5-8-16;1-3-2;;;/h2*3-10,12-14H,11H2,1-2H3;1-2H3;2*1H;/q2*-1;;;;+2/p-2. The van der Waals surface area contributed by atoms with Gasteiger partial charge in [0.2, 0.25) is 0 Å². The Morgan fingerprint density at radius 1 is 0.568 bits per heavy atom. The molecule has 0 bridgehead atoms. The zero-order valence-corrected chi connectivity index (χ0v) is 30.8. The van der Waals surface area contributed by atoms with Crippen LogP contribution in [0.4, 0.5) is 0 Å². The molecule has 0 radical (unpaired) electrons. The Bertz CT molecular complexity index is 1650. The van der Waals surface area contributed by atoms with E-state index in [4.69, 9.17) is 17.0 Å². The molecule has 0 fully saturated rings. The van der Waals surface area contributed by atoms with Crippen LogP contribution in [-0.4, -0.2) is 3.21 Å². The molecule has 0 aliphatic heterocycles. The first-order valence-electron chi connectivity index (χ1n) is 15.6. The summed E-state index contributed by atoms with van der Waals surface area (Å²) in [6, 6.07) is 43.9. The molecule has 6 rings (SSSR count). The predicted octanol–water partition coefficient (Wildman–Crippen LogP) is 13.0. The number of hydrogen-bond donors (Lipinski definition) is 0. The van der Waals surface area contributed by atoms with Gasteiger partial charge in [0.25, 0.3) is 0 Å². The number of fused-ring (bicyclic) bond motifs is 2. The summed E-state index contributed by atoms with van der Waals surface area (Å²) in [7, 11) is 11.1. The fourth-order valence-electron chi connectivity index (χ4n) is 5.51. The van der Waals surface area contributed by atoms with Crippen molar-refractivity contribution in [2.75, 3.05) is 0 Å². The van der Waals surface area contributed by atoms with Crippen LogP contribution in [0.25, 0.3) is 43.8 Å². The van der Waals surface area contributed by atoms with Crippen LogP contribution in [0.3, 0.4) is 0 Å². The molecule has 228 valence electrons. The average molecular weight is 699 g/mol. The molecular weight excluding hydrogens is 655 g/mol. The van der Waals surface area contributed by atoms with Crippen molar-refractivity contribution < 1.29 is 18.9 Å². The van der Waals surface area contributed by atoms with E-state index in [-0.39, 0.29) is 0 Å². The summed E-state index contributed by atoms with van der Waals surface area (Å²) in [5, 5.41) is 5.47. The van der Waals surface area contributed by atoms with Crippen LogP contribution in [0.2, 0.25) is 0 Å². The number of rotatable bonds is 6. The van der Waals surface area contributed by atoms with Crippen LogP contribution < -0.4 is 0 Å². The Morgan fingerprint density at radius 3 is 1.25 bits per heavy atom. The van der Waals surface area contributed by atoms with Gasteiger partial charge in [0.05, 0.1) is 0 Å². The van der Waals surface area contributed by atoms with Gasteiger partial charge in [-0.2, -0.15) is 12.1 Å². The van der Waals surface area contributed by atoms with Gasteiger partial charge in [0, 0.05) is 0 Å². The third-order valence-electron chi connectivity index (χ3n) is 7.46. The fourth-order valence-corrected chi connectivity index (χ4v) is 5.51. The van der Waals surface area contributed by atoms with E-state index in [9.17, 15) is 0 Å². The maximum atomic E-state index is 5.54. The second-order valence-electron chi connectivity index (χ2n) is 12.5. The van der Waals surface area contributed by atoms with Crippen molar-refractivity contribution in [3.63, 3.8) is 0 Å². The molecule has 0 atom stereocenters. The monoisotopic (exact) mass is 696 g/mol. The number of hydrogen-bond acceptors (Lipinski definition) is 0. The van der Waals surface area contributed by atoms with Gasteiger partial charge in [0.15, 0.2) is 0 Å². The second kappa shape index (κ2) is 16.7. The van der Waals surface area contributed by atoms with Crippen LogP contribution in [0.5, 0.6) is 0 Å². The summed E-state index contributed by atoms with van der Waals surface area (Å²) in [5.74, 6) is 1.41. The van der Waals surface area contributed by atoms with E-state index >= 15 is 0 Å². The Balaban J connectivity index is 0.000000170. The summed E-state index contributed by atoms with van der Waals surface area (Å²) >= 11 is -1.84. The van der Waals surface area contributed by atoms with Crippen LogP contribution in [0.1, 0.15) is 52.7 Å². The van der Waals surface area contributed by atoms with Gasteiger partial charge in [-0.1, -0.05) is 112 Å². The summed E-state index contributed by atoms with van der Waals surface area (Å²) < 4.78 is 1.24. The van der Waals surface area contributed by atoms with Gasteiger partial charge in [-0.15, -0.1) is 69.1 Å². The molecule has 0 N–H and O–H groups in total. The van der Waals surface area contributed by atoms with Gasteiger partial charge in [-0.3, -0.25) is 0 Å². The Labute approximate surface area is 279 Å². The minimum atomic E-state index is -1.84. The van der Waals surface area contributed by atoms with E-state index in [1.54, 1.807) is 0 Å². The molecular formula is C41H44Cl2Zr-2. The summed E-state index contributed by atoms with van der Waals surface area (Å²) in [4.78, 5) is 0. The van der Waals surface area contributed by atoms with E-state index in [0.717, 1.165) is 12.8 Å². The summed E-state index contributed by atoms with van der Waals surface area (Å²) in [5.41, 5.74) is 8.19. The van der Waals surface area contributed by atoms with Crippen LogP contribution in [0.15, 0.2) is 121 Å². The Morgan fingerprint density at radius 2 is 0.932 bits per heavy atom. The molecule has 3 heteroatoms. The van der Waals surface area contributed by atoms with Gasteiger partial charge in [0.1, 0.15) is 0 Å². The molecule has 0 aliphatic carbocycles. The van der Waals surface area contributed by atoms with Crippen LogP contribution in [0, 0.1) is 11.8 Å². The van der Waals surface area contributed by atoms with Crippen molar-refractivity contribution >= 4 is 41.8 Å². The molecule has 0 aliphatic rings. The molecule has 0 aromatic heterocycles. The molecule has 0 heterocycles. The molecule has 0 saturated carbocycles. The first-order chi connectivity index (χ1) is 21.1. The maximum absolute atomic E-state index is 5.54. The zero-order chi connectivity index (χ0) is 31.6. The second-order valence-corrected chi connectivity index (χ2v) is 21.9. The van der Waals surface area contributed by atoms with Crippen molar-refractivity contribution in [3.05, 3.63) is 132 Å². The van der Waals surface area contributed by atoms with E-state index in [0.29, 0.717) is 11.8 Å². The van der Waals surface area contributed by atoms with Gasteiger partial charge in [-0.25, -0.2) is 0 Å². The first kappa shape index (κ1) is 34.3.